The van der Waals surface area contributed by atoms with Gasteiger partial charge in [-0.15, -0.1) is 6.42 Å². The van der Waals surface area contributed by atoms with Gasteiger partial charge in [-0.25, -0.2) is 8.42 Å². The Morgan fingerprint density at radius 1 is 1.00 bits per heavy atom. The number of nitrogens with zero attached hydrogens (tertiary/aromatic N) is 1. The van der Waals surface area contributed by atoms with Crippen molar-refractivity contribution < 1.29 is 22.7 Å². The van der Waals surface area contributed by atoms with Crippen LogP contribution in [0.25, 0.3) is 0 Å². The summed E-state index contributed by atoms with van der Waals surface area (Å²) in [5.41, 5.74) is 0.716. The van der Waals surface area contributed by atoms with E-state index in [1.807, 2.05) is 0 Å². The highest BCUT2D eigenvalue weighted by atomic mass is 32.2. The van der Waals surface area contributed by atoms with Gasteiger partial charge in [0, 0.05) is 18.5 Å². The number of amides is 2. The number of hydrogen-bond donors (Lipinski definition) is 1. The lowest BCUT2D eigenvalue weighted by Crippen LogP contribution is -2.28. The van der Waals surface area contributed by atoms with Gasteiger partial charge >= 0.3 is 0 Å². The van der Waals surface area contributed by atoms with E-state index in [1.165, 1.54) is 24.3 Å². The van der Waals surface area contributed by atoms with Crippen molar-refractivity contribution in [1.29, 1.82) is 0 Å². The third-order valence-corrected chi connectivity index (χ3v) is 5.28. The van der Waals surface area contributed by atoms with Crippen LogP contribution in [0.5, 0.6) is 5.75 Å². The Labute approximate surface area is 157 Å². The number of carbonyl (C=O) groups excluding carboxylic acids is 2. The predicted octanol–water partition coefficient (Wildman–Crippen LogP) is 2.15. The molecule has 1 aliphatic rings. The molecule has 0 unspecified atom stereocenters. The van der Waals surface area contributed by atoms with E-state index in [0.717, 1.165) is 4.90 Å². The highest BCUT2D eigenvalue weighted by Gasteiger charge is 2.30. The first kappa shape index (κ1) is 18.5. The third-order valence-electron chi connectivity index (χ3n) is 3.89. The molecule has 0 aliphatic carbocycles. The van der Waals surface area contributed by atoms with Crippen molar-refractivity contribution in [3.63, 3.8) is 0 Å². The first-order valence-electron chi connectivity index (χ1n) is 8.06. The van der Waals surface area contributed by atoms with E-state index in [0.29, 0.717) is 17.1 Å². The van der Waals surface area contributed by atoms with Crippen LogP contribution in [0.1, 0.15) is 12.8 Å². The molecule has 1 aliphatic heterocycles. The molecule has 2 amide bonds. The summed E-state index contributed by atoms with van der Waals surface area (Å²) in [5.74, 6) is 2.29. The second-order valence-corrected chi connectivity index (χ2v) is 7.42. The van der Waals surface area contributed by atoms with Gasteiger partial charge in [0.05, 0.1) is 10.6 Å². The second-order valence-electron chi connectivity index (χ2n) is 5.74. The SMILES string of the molecule is C#CCOc1ccc(NS(=O)(=O)c2ccc(N3C(=O)CCC3=O)cc2)cc1. The summed E-state index contributed by atoms with van der Waals surface area (Å²) in [7, 11) is -3.82. The average molecular weight is 384 g/mol. The Morgan fingerprint density at radius 3 is 2.15 bits per heavy atom. The number of sulfonamides is 1. The van der Waals surface area contributed by atoms with Crippen LogP contribution in [0.15, 0.2) is 53.4 Å². The van der Waals surface area contributed by atoms with Gasteiger partial charge in [-0.3, -0.25) is 19.2 Å². The van der Waals surface area contributed by atoms with E-state index in [9.17, 15) is 18.0 Å². The highest BCUT2D eigenvalue weighted by molar-refractivity contribution is 7.92. The molecule has 8 heteroatoms. The van der Waals surface area contributed by atoms with Crippen LogP contribution in [-0.4, -0.2) is 26.8 Å². The molecule has 1 N–H and O–H groups in total. The van der Waals surface area contributed by atoms with Gasteiger partial charge in [0.25, 0.3) is 10.0 Å². The molecule has 0 bridgehead atoms. The molecule has 1 saturated heterocycles. The van der Waals surface area contributed by atoms with Crippen LogP contribution >= 0.6 is 0 Å². The van der Waals surface area contributed by atoms with E-state index in [2.05, 4.69) is 10.6 Å². The molecule has 27 heavy (non-hydrogen) atoms. The second kappa shape index (κ2) is 7.51. The smallest absolute Gasteiger partial charge is 0.261 e. The van der Waals surface area contributed by atoms with Gasteiger partial charge in [-0.1, -0.05) is 5.92 Å². The molecular weight excluding hydrogens is 368 g/mol. The summed E-state index contributed by atoms with van der Waals surface area (Å²) < 4.78 is 32.7. The van der Waals surface area contributed by atoms with E-state index in [-0.39, 0.29) is 36.2 Å². The van der Waals surface area contributed by atoms with Gasteiger partial charge in [-0.2, -0.15) is 0 Å². The summed E-state index contributed by atoms with van der Waals surface area (Å²) in [5, 5.41) is 0. The van der Waals surface area contributed by atoms with Crippen LogP contribution in [0.2, 0.25) is 0 Å². The maximum absolute atomic E-state index is 12.5. The Morgan fingerprint density at radius 2 is 1.59 bits per heavy atom. The normalized spacial score (nSPS) is 14.1. The van der Waals surface area contributed by atoms with Gasteiger partial charge in [0.15, 0.2) is 0 Å². The van der Waals surface area contributed by atoms with Gasteiger partial charge in [0.1, 0.15) is 12.4 Å². The molecule has 0 spiro atoms. The van der Waals surface area contributed by atoms with Crippen LogP contribution in [-0.2, 0) is 19.6 Å². The van der Waals surface area contributed by atoms with Gasteiger partial charge in [-0.05, 0) is 48.5 Å². The number of terminal acetylenes is 1. The fourth-order valence-electron chi connectivity index (χ4n) is 2.60. The van der Waals surface area contributed by atoms with Gasteiger partial charge in [0.2, 0.25) is 11.8 Å². The van der Waals surface area contributed by atoms with Crippen molar-refractivity contribution in [3.05, 3.63) is 48.5 Å². The monoisotopic (exact) mass is 384 g/mol. The van der Waals surface area contributed by atoms with E-state index in [1.54, 1.807) is 24.3 Å². The number of carbonyl (C=O) groups is 2. The molecular formula is C19H16N2O5S. The standard InChI is InChI=1S/C19H16N2O5S/c1-2-13-26-16-7-3-14(4-8-16)20-27(24,25)17-9-5-15(6-10-17)21-18(22)11-12-19(21)23/h1,3-10,20H,11-13H2. The van der Waals surface area contributed by atoms with E-state index >= 15 is 0 Å². The lowest BCUT2D eigenvalue weighted by molar-refractivity contribution is -0.121. The summed E-state index contributed by atoms with van der Waals surface area (Å²) >= 11 is 0. The van der Waals surface area contributed by atoms with Crippen LogP contribution in [0, 0.1) is 12.3 Å². The minimum absolute atomic E-state index is 0.0120. The van der Waals surface area contributed by atoms with Crippen molar-refractivity contribution in [2.75, 3.05) is 16.2 Å². The first-order valence-corrected chi connectivity index (χ1v) is 9.54. The predicted molar refractivity (Wildman–Crippen MR) is 99.7 cm³/mol. The Hall–Kier alpha value is -3.31. The quantitative estimate of drug-likeness (QED) is 0.609. The maximum atomic E-state index is 12.5. The Bertz CT molecular complexity index is 990. The van der Waals surface area contributed by atoms with E-state index in [4.69, 9.17) is 11.2 Å². The van der Waals surface area contributed by atoms with Crippen molar-refractivity contribution in [2.45, 2.75) is 17.7 Å². The molecule has 7 nitrogen and oxygen atoms in total. The molecule has 0 radical (unpaired) electrons. The average Bonchev–Trinajstić information content (AvgIpc) is 2.99. The van der Waals surface area contributed by atoms with Crippen LogP contribution < -0.4 is 14.4 Å². The number of benzene rings is 2. The third kappa shape index (κ3) is 4.10. The molecule has 2 aromatic carbocycles. The van der Waals surface area contributed by atoms with Crippen molar-refractivity contribution in [1.82, 2.24) is 0 Å². The van der Waals surface area contributed by atoms with Crippen molar-refractivity contribution in [3.8, 4) is 18.1 Å². The number of hydrogen-bond acceptors (Lipinski definition) is 5. The fraction of sp³-hybridized carbons (Fsp3) is 0.158. The van der Waals surface area contributed by atoms with Crippen LogP contribution in [0.3, 0.4) is 0 Å². The van der Waals surface area contributed by atoms with Crippen molar-refractivity contribution >= 4 is 33.2 Å². The molecule has 0 atom stereocenters. The zero-order valence-electron chi connectivity index (χ0n) is 14.2. The maximum Gasteiger partial charge on any atom is 0.261 e. The minimum atomic E-state index is -3.82. The zero-order chi connectivity index (χ0) is 19.4. The molecule has 1 fully saturated rings. The Kier molecular flexibility index (Phi) is 5.14. The lowest BCUT2D eigenvalue weighted by Gasteiger charge is -2.14. The minimum Gasteiger partial charge on any atom is -0.481 e. The number of anilines is 2. The van der Waals surface area contributed by atoms with Crippen molar-refractivity contribution in [2.24, 2.45) is 0 Å². The van der Waals surface area contributed by atoms with Crippen LogP contribution in [0.4, 0.5) is 11.4 Å². The zero-order valence-corrected chi connectivity index (χ0v) is 15.0. The lowest BCUT2D eigenvalue weighted by atomic mass is 10.3. The summed E-state index contributed by atoms with van der Waals surface area (Å²) in [6.45, 7) is 0.124. The fourth-order valence-corrected chi connectivity index (χ4v) is 3.66. The number of nitrogens with one attached hydrogen (secondary N) is 1. The Balaban J connectivity index is 1.74. The summed E-state index contributed by atoms with van der Waals surface area (Å²) in [6.07, 6.45) is 5.45. The summed E-state index contributed by atoms with van der Waals surface area (Å²) in [4.78, 5) is 24.6. The topological polar surface area (TPSA) is 92.8 Å². The molecule has 138 valence electrons. The highest BCUT2D eigenvalue weighted by Crippen LogP contribution is 2.25. The first-order chi connectivity index (χ1) is 12.9. The largest absolute Gasteiger partial charge is 0.481 e. The number of imide groups is 1. The molecule has 0 saturated carbocycles. The summed E-state index contributed by atoms with van der Waals surface area (Å²) in [6, 6.07) is 11.9. The molecule has 2 aromatic rings. The number of rotatable bonds is 6. The van der Waals surface area contributed by atoms with Gasteiger partial charge < -0.3 is 4.74 Å². The molecule has 0 aromatic heterocycles. The number of ether oxygens (including phenoxy) is 1. The molecule has 1 heterocycles. The molecule has 3 rings (SSSR count). The van der Waals surface area contributed by atoms with E-state index < -0.39 is 10.0 Å².